The van der Waals surface area contributed by atoms with Gasteiger partial charge < -0.3 is 14.8 Å². The SMILES string of the molecule is COc1cc(C=Nc2ccc([C@@H]3Nc4ccccc4[C@@H]4C=CC[C@H]43)cc2)cc(Br)c1OCc1ccccc1F. The predicted molar refractivity (Wildman–Crippen MR) is 158 cm³/mol. The third kappa shape index (κ3) is 5.21. The Labute approximate surface area is 236 Å². The molecule has 0 radical (unpaired) electrons. The van der Waals surface area contributed by atoms with Crippen LogP contribution in [-0.4, -0.2) is 13.3 Å². The lowest BCUT2D eigenvalue weighted by Crippen LogP contribution is -2.28. The number of hydrogen-bond donors (Lipinski definition) is 1. The quantitative estimate of drug-likeness (QED) is 0.175. The van der Waals surface area contributed by atoms with Crippen LogP contribution in [-0.2, 0) is 6.61 Å². The van der Waals surface area contributed by atoms with Crippen molar-refractivity contribution in [2.24, 2.45) is 10.9 Å². The fraction of sp³-hybridized carbons (Fsp3) is 0.182. The summed E-state index contributed by atoms with van der Waals surface area (Å²) in [5.74, 6) is 1.73. The summed E-state index contributed by atoms with van der Waals surface area (Å²) in [6, 6.07) is 27.7. The molecule has 0 bridgehead atoms. The molecule has 3 atom stereocenters. The van der Waals surface area contributed by atoms with E-state index in [9.17, 15) is 4.39 Å². The number of hydrogen-bond acceptors (Lipinski definition) is 4. The first kappa shape index (κ1) is 25.4. The lowest BCUT2D eigenvalue weighted by Gasteiger charge is -2.37. The second-order valence-corrected chi connectivity index (χ2v) is 10.7. The van der Waals surface area contributed by atoms with Gasteiger partial charge in [-0.15, -0.1) is 0 Å². The van der Waals surface area contributed by atoms with Crippen LogP contribution in [0, 0.1) is 11.7 Å². The number of anilines is 1. The summed E-state index contributed by atoms with van der Waals surface area (Å²) in [6.07, 6.45) is 7.55. The van der Waals surface area contributed by atoms with Crippen molar-refractivity contribution in [2.45, 2.75) is 25.0 Å². The van der Waals surface area contributed by atoms with Crippen LogP contribution in [0.3, 0.4) is 0 Å². The first-order valence-corrected chi connectivity index (χ1v) is 13.8. The number of para-hydroxylation sites is 1. The summed E-state index contributed by atoms with van der Waals surface area (Å²) in [6.45, 7) is 0.0977. The Morgan fingerprint density at radius 3 is 2.64 bits per heavy atom. The Kier molecular flexibility index (Phi) is 7.20. The summed E-state index contributed by atoms with van der Waals surface area (Å²) in [5, 5.41) is 3.78. The van der Waals surface area contributed by atoms with Crippen LogP contribution in [0.1, 0.15) is 40.6 Å². The zero-order chi connectivity index (χ0) is 26.8. The van der Waals surface area contributed by atoms with Gasteiger partial charge in [-0.3, -0.25) is 4.99 Å². The maximum Gasteiger partial charge on any atom is 0.175 e. The van der Waals surface area contributed by atoms with Gasteiger partial charge in [-0.2, -0.15) is 0 Å². The van der Waals surface area contributed by atoms with Gasteiger partial charge in [-0.1, -0.05) is 60.7 Å². The Balaban J connectivity index is 1.17. The molecule has 196 valence electrons. The first-order valence-electron chi connectivity index (χ1n) is 13.0. The lowest BCUT2D eigenvalue weighted by molar-refractivity contribution is 0.278. The standard InChI is InChI=1S/C33H28BrFN2O2/c1-38-31-18-21(17-28(34)33(31)39-20-23-7-2-4-11-29(23)35)19-36-24-15-13-22(14-16-24)32-27-10-6-9-25(27)26-8-3-5-12-30(26)37-32/h2-9,11-19,25,27,32,37H,10,20H2,1H3/t25-,27+,32-/m0/s1. The average molecular weight is 584 g/mol. The van der Waals surface area contributed by atoms with E-state index in [1.54, 1.807) is 31.5 Å². The number of allylic oxidation sites excluding steroid dienone is 2. The number of nitrogens with one attached hydrogen (secondary N) is 1. The summed E-state index contributed by atoms with van der Waals surface area (Å²) >= 11 is 3.57. The predicted octanol–water partition coefficient (Wildman–Crippen LogP) is 8.75. The molecule has 0 spiro atoms. The van der Waals surface area contributed by atoms with Gasteiger partial charge in [-0.25, -0.2) is 4.39 Å². The molecular weight excluding hydrogens is 555 g/mol. The van der Waals surface area contributed by atoms with Gasteiger partial charge in [0.25, 0.3) is 0 Å². The van der Waals surface area contributed by atoms with Crippen molar-refractivity contribution >= 4 is 33.5 Å². The fourth-order valence-electron chi connectivity index (χ4n) is 5.51. The van der Waals surface area contributed by atoms with Crippen LogP contribution < -0.4 is 14.8 Å². The van der Waals surface area contributed by atoms with E-state index in [0.29, 0.717) is 33.4 Å². The van der Waals surface area contributed by atoms with Crippen LogP contribution >= 0.6 is 15.9 Å². The van der Waals surface area contributed by atoms with E-state index >= 15 is 0 Å². The third-order valence-corrected chi connectivity index (χ3v) is 8.06. The molecule has 2 aliphatic rings. The average Bonchev–Trinajstić information content (AvgIpc) is 3.46. The number of aliphatic imine (C=N–C) groups is 1. The number of fused-ring (bicyclic) bond motifs is 3. The number of rotatable bonds is 7. The maximum absolute atomic E-state index is 14.0. The van der Waals surface area contributed by atoms with Crippen molar-refractivity contribution in [2.75, 3.05) is 12.4 Å². The van der Waals surface area contributed by atoms with Crippen molar-refractivity contribution in [3.63, 3.8) is 0 Å². The molecule has 0 aromatic heterocycles. The zero-order valence-electron chi connectivity index (χ0n) is 21.5. The molecule has 1 aliphatic heterocycles. The monoisotopic (exact) mass is 582 g/mol. The van der Waals surface area contributed by atoms with E-state index in [0.717, 1.165) is 17.7 Å². The Hall–Kier alpha value is -3.90. The van der Waals surface area contributed by atoms with E-state index in [2.05, 4.69) is 81.9 Å². The number of nitrogens with zero attached hydrogens (tertiary/aromatic N) is 1. The molecule has 1 aliphatic carbocycles. The normalized spacial score (nSPS) is 19.4. The van der Waals surface area contributed by atoms with E-state index in [4.69, 9.17) is 14.5 Å². The van der Waals surface area contributed by atoms with Gasteiger partial charge in [-0.05, 0) is 81.4 Å². The highest BCUT2D eigenvalue weighted by Crippen LogP contribution is 2.49. The van der Waals surface area contributed by atoms with Crippen LogP contribution in [0.5, 0.6) is 11.5 Å². The molecule has 4 aromatic rings. The number of ether oxygens (including phenoxy) is 2. The van der Waals surface area contributed by atoms with Gasteiger partial charge in [0.15, 0.2) is 11.5 Å². The lowest BCUT2D eigenvalue weighted by atomic mass is 9.77. The van der Waals surface area contributed by atoms with Gasteiger partial charge in [0.05, 0.1) is 23.3 Å². The molecule has 1 N–H and O–H groups in total. The number of benzene rings is 4. The smallest absolute Gasteiger partial charge is 0.175 e. The summed E-state index contributed by atoms with van der Waals surface area (Å²) in [4.78, 5) is 4.69. The van der Waals surface area contributed by atoms with Crippen molar-refractivity contribution in [1.29, 1.82) is 0 Å². The maximum atomic E-state index is 14.0. The summed E-state index contributed by atoms with van der Waals surface area (Å²) in [5.41, 5.74) is 6.07. The second kappa shape index (κ2) is 11.1. The van der Waals surface area contributed by atoms with Crippen molar-refractivity contribution in [3.8, 4) is 11.5 Å². The zero-order valence-corrected chi connectivity index (χ0v) is 23.1. The molecule has 0 amide bonds. The number of methoxy groups -OCH3 is 1. The van der Waals surface area contributed by atoms with Crippen LogP contribution in [0.25, 0.3) is 0 Å². The fourth-order valence-corrected chi connectivity index (χ4v) is 6.08. The van der Waals surface area contributed by atoms with E-state index in [1.165, 1.54) is 22.9 Å². The largest absolute Gasteiger partial charge is 0.493 e. The molecule has 0 saturated carbocycles. The Morgan fingerprint density at radius 2 is 1.82 bits per heavy atom. The molecule has 0 unspecified atom stereocenters. The second-order valence-electron chi connectivity index (χ2n) is 9.83. The Bertz CT molecular complexity index is 1550. The summed E-state index contributed by atoms with van der Waals surface area (Å²) in [7, 11) is 1.58. The molecule has 6 heteroatoms. The molecule has 39 heavy (non-hydrogen) atoms. The van der Waals surface area contributed by atoms with E-state index < -0.39 is 0 Å². The van der Waals surface area contributed by atoms with Crippen LogP contribution in [0.2, 0.25) is 0 Å². The molecule has 4 nitrogen and oxygen atoms in total. The number of halogens is 2. The summed E-state index contributed by atoms with van der Waals surface area (Å²) < 4.78 is 26.2. The molecule has 4 aromatic carbocycles. The van der Waals surface area contributed by atoms with Crippen molar-refractivity contribution in [1.82, 2.24) is 0 Å². The minimum Gasteiger partial charge on any atom is -0.493 e. The minimum absolute atomic E-state index is 0.0977. The highest BCUT2D eigenvalue weighted by atomic mass is 79.9. The van der Waals surface area contributed by atoms with Gasteiger partial charge in [0, 0.05) is 23.4 Å². The van der Waals surface area contributed by atoms with Gasteiger partial charge in [0.1, 0.15) is 12.4 Å². The minimum atomic E-state index is -0.300. The molecule has 1 heterocycles. The van der Waals surface area contributed by atoms with E-state index in [1.807, 2.05) is 12.1 Å². The molecular formula is C33H28BrFN2O2. The van der Waals surface area contributed by atoms with Crippen LogP contribution in [0.4, 0.5) is 15.8 Å². The molecule has 0 fully saturated rings. The van der Waals surface area contributed by atoms with Crippen molar-refractivity contribution < 1.29 is 13.9 Å². The molecule has 6 rings (SSSR count). The third-order valence-electron chi connectivity index (χ3n) is 7.47. The molecule has 0 saturated heterocycles. The highest BCUT2D eigenvalue weighted by molar-refractivity contribution is 9.10. The Morgan fingerprint density at radius 1 is 1.03 bits per heavy atom. The topological polar surface area (TPSA) is 42.8 Å². The van der Waals surface area contributed by atoms with E-state index in [-0.39, 0.29) is 18.5 Å². The van der Waals surface area contributed by atoms with Gasteiger partial charge >= 0.3 is 0 Å². The van der Waals surface area contributed by atoms with Crippen molar-refractivity contribution in [3.05, 3.63) is 130 Å². The van der Waals surface area contributed by atoms with Crippen LogP contribution in [0.15, 0.2) is 107 Å². The highest BCUT2D eigenvalue weighted by Gasteiger charge is 2.37. The first-order chi connectivity index (χ1) is 19.1. The van der Waals surface area contributed by atoms with Gasteiger partial charge in [0.2, 0.25) is 0 Å².